The number of ether oxygens (including phenoxy) is 4. The molecule has 7 rings (SSSR count). The summed E-state index contributed by atoms with van der Waals surface area (Å²) in [5.41, 5.74) is 7.40. The van der Waals surface area contributed by atoms with Crippen LogP contribution in [0.15, 0.2) is 12.2 Å². The number of hydrogen-bond donors (Lipinski definition) is 1. The quantitative estimate of drug-likeness (QED) is 0.138. The zero-order chi connectivity index (χ0) is 36.1. The van der Waals surface area contributed by atoms with E-state index in [4.69, 9.17) is 29.1 Å². The number of carbonyl (C=O) groups is 1. The standard InChI is InChI=1S/C42H71NO6Si/c1-11-50(12-2,13-3)49-36-35-33(27(6)24-28(46-35)34(26(4)5)48-37(43)44)39(9)21-22-42-25-41(42)20-19-31(47-32-16-14-15-23-45-32)38(7,8)29(41)17-18-30(42)40(36,39)10/h27-36H,4,11-25H2,1-3,5-10H3,(H2,43,44)/t27-,28-,29+,30+,31?,32+,33+,34-,35+,36+,39-,40-,41?,42+/m1/s1. The Balaban J connectivity index is 1.25. The molecule has 2 N–H and O–H groups in total. The summed E-state index contributed by atoms with van der Waals surface area (Å²) >= 11 is 0. The molecular formula is C42H71NO6Si. The molecule has 0 bridgehead atoms. The van der Waals surface area contributed by atoms with Crippen molar-refractivity contribution in [3.05, 3.63) is 12.2 Å². The molecule has 5 aliphatic carbocycles. The summed E-state index contributed by atoms with van der Waals surface area (Å²) in [4.78, 5) is 12.1. The summed E-state index contributed by atoms with van der Waals surface area (Å²) in [6.45, 7) is 26.9. The Hall–Kier alpha value is -0.933. The van der Waals surface area contributed by atoms with Gasteiger partial charge in [-0.1, -0.05) is 62.0 Å². The van der Waals surface area contributed by atoms with Crippen molar-refractivity contribution in [1.82, 2.24) is 0 Å². The van der Waals surface area contributed by atoms with Gasteiger partial charge in [-0.15, -0.1) is 0 Å². The molecule has 2 aliphatic heterocycles. The van der Waals surface area contributed by atoms with Gasteiger partial charge >= 0.3 is 6.09 Å². The molecule has 5 saturated carbocycles. The van der Waals surface area contributed by atoms with Crippen LogP contribution in [0.5, 0.6) is 0 Å². The van der Waals surface area contributed by atoms with Crippen molar-refractivity contribution < 1.29 is 28.2 Å². The van der Waals surface area contributed by atoms with E-state index in [1.807, 2.05) is 6.92 Å². The van der Waals surface area contributed by atoms with Gasteiger partial charge in [0.05, 0.1) is 24.4 Å². The maximum atomic E-state index is 12.1. The fraction of sp³-hybridized carbons (Fsp3) is 0.929. The largest absolute Gasteiger partial charge is 0.439 e. The van der Waals surface area contributed by atoms with Crippen LogP contribution >= 0.6 is 0 Å². The molecule has 7 nitrogen and oxygen atoms in total. The van der Waals surface area contributed by atoms with Gasteiger partial charge in [0.2, 0.25) is 0 Å². The van der Waals surface area contributed by atoms with Crippen molar-refractivity contribution in [2.45, 2.75) is 188 Å². The minimum atomic E-state index is -2.02. The van der Waals surface area contributed by atoms with Gasteiger partial charge in [-0.2, -0.15) is 0 Å². The van der Waals surface area contributed by atoms with E-state index in [0.717, 1.165) is 56.0 Å². The zero-order valence-electron chi connectivity index (χ0n) is 33.1. The fourth-order valence-corrected chi connectivity index (χ4v) is 17.7. The lowest BCUT2D eigenvalue weighted by atomic mass is 9.41. The van der Waals surface area contributed by atoms with Gasteiger partial charge in [0.1, 0.15) is 0 Å². The second kappa shape index (κ2) is 12.8. The van der Waals surface area contributed by atoms with Crippen molar-refractivity contribution in [3.63, 3.8) is 0 Å². The first kappa shape index (κ1) is 37.4. The van der Waals surface area contributed by atoms with Crippen LogP contribution in [0.25, 0.3) is 0 Å². The third-order valence-electron chi connectivity index (χ3n) is 17.6. The average Bonchev–Trinajstić information content (AvgIpc) is 3.70. The van der Waals surface area contributed by atoms with Crippen LogP contribution in [0.2, 0.25) is 18.1 Å². The number of nitrogens with two attached hydrogens (primary N) is 1. The molecule has 1 amide bonds. The second-order valence-electron chi connectivity index (χ2n) is 19.5. The van der Waals surface area contributed by atoms with E-state index in [9.17, 15) is 4.79 Å². The molecule has 7 fully saturated rings. The van der Waals surface area contributed by atoms with Crippen LogP contribution in [0.4, 0.5) is 4.79 Å². The normalized spacial score (nSPS) is 48.2. The van der Waals surface area contributed by atoms with Gasteiger partial charge in [0.25, 0.3) is 0 Å². The van der Waals surface area contributed by atoms with Crippen molar-refractivity contribution in [2.75, 3.05) is 6.61 Å². The summed E-state index contributed by atoms with van der Waals surface area (Å²) in [6.07, 6.45) is 11.8. The molecule has 50 heavy (non-hydrogen) atoms. The van der Waals surface area contributed by atoms with E-state index in [-0.39, 0.29) is 47.0 Å². The number of hydrogen-bond acceptors (Lipinski definition) is 6. The van der Waals surface area contributed by atoms with Crippen LogP contribution in [-0.4, -0.2) is 57.8 Å². The van der Waals surface area contributed by atoms with E-state index >= 15 is 0 Å². The van der Waals surface area contributed by atoms with Crippen molar-refractivity contribution in [1.29, 1.82) is 0 Å². The van der Waals surface area contributed by atoms with E-state index in [1.54, 1.807) is 0 Å². The Morgan fingerprint density at radius 3 is 2.26 bits per heavy atom. The number of amides is 1. The van der Waals surface area contributed by atoms with Crippen LogP contribution < -0.4 is 5.73 Å². The van der Waals surface area contributed by atoms with Gasteiger partial charge in [-0.25, -0.2) is 4.79 Å². The van der Waals surface area contributed by atoms with Gasteiger partial charge < -0.3 is 29.1 Å². The van der Waals surface area contributed by atoms with Crippen molar-refractivity contribution >= 4 is 14.4 Å². The van der Waals surface area contributed by atoms with Crippen LogP contribution in [-0.2, 0) is 23.4 Å². The molecule has 0 aromatic carbocycles. The topological polar surface area (TPSA) is 89.2 Å². The van der Waals surface area contributed by atoms with Gasteiger partial charge in [0, 0.05) is 12.0 Å². The van der Waals surface area contributed by atoms with Crippen LogP contribution in [0.1, 0.15) is 133 Å². The molecule has 284 valence electrons. The van der Waals surface area contributed by atoms with E-state index < -0.39 is 20.5 Å². The maximum absolute atomic E-state index is 12.1. The van der Waals surface area contributed by atoms with Crippen LogP contribution in [0, 0.1) is 50.7 Å². The zero-order valence-corrected chi connectivity index (χ0v) is 34.1. The average molecular weight is 714 g/mol. The van der Waals surface area contributed by atoms with E-state index in [2.05, 4.69) is 62.0 Å². The molecular weight excluding hydrogens is 643 g/mol. The first-order valence-electron chi connectivity index (χ1n) is 20.8. The Morgan fingerprint density at radius 2 is 1.64 bits per heavy atom. The highest BCUT2D eigenvalue weighted by atomic mass is 28.4. The molecule has 0 radical (unpaired) electrons. The minimum Gasteiger partial charge on any atom is -0.439 e. The summed E-state index contributed by atoms with van der Waals surface area (Å²) in [7, 11) is -2.02. The smallest absolute Gasteiger partial charge is 0.405 e. The maximum Gasteiger partial charge on any atom is 0.405 e. The second-order valence-corrected chi connectivity index (χ2v) is 24.2. The Morgan fingerprint density at radius 1 is 0.960 bits per heavy atom. The number of fused-ring (bicyclic) bond motifs is 4. The van der Waals surface area contributed by atoms with Gasteiger partial charge in [-0.05, 0) is 147 Å². The summed E-state index contributed by atoms with van der Waals surface area (Å²) in [5, 5.41) is 0. The highest BCUT2D eigenvalue weighted by Gasteiger charge is 2.85. The van der Waals surface area contributed by atoms with Crippen LogP contribution in [0.3, 0.4) is 0 Å². The molecule has 2 spiro atoms. The minimum absolute atomic E-state index is 0.00729. The van der Waals surface area contributed by atoms with Gasteiger partial charge in [0.15, 0.2) is 20.7 Å². The van der Waals surface area contributed by atoms with E-state index in [1.165, 1.54) is 44.9 Å². The molecule has 0 aromatic rings. The summed E-state index contributed by atoms with van der Waals surface area (Å²) in [5.74, 6) is 2.09. The molecule has 2 saturated heterocycles. The predicted molar refractivity (Wildman–Crippen MR) is 200 cm³/mol. The lowest BCUT2D eigenvalue weighted by Crippen LogP contribution is -2.61. The number of rotatable bonds is 10. The van der Waals surface area contributed by atoms with Crippen molar-refractivity contribution in [3.8, 4) is 0 Å². The Kier molecular flexibility index (Phi) is 9.60. The lowest BCUT2D eigenvalue weighted by molar-refractivity contribution is -0.242. The SMILES string of the molecule is C=C(C)[C@@H](OC(N)=O)[C@H]1C[C@@H](C)[C@H]2[C@H](O1)[C@H](O[Si](CC)(CC)CC)[C@@]1(C)[C@@H]3CC[C@H]4C(C)(C)C(O[C@H]5CCCCO5)CCC45C[C@@]35CC[C@]21C. The molecule has 14 atom stereocenters. The van der Waals surface area contributed by atoms with Crippen molar-refractivity contribution in [2.24, 2.45) is 56.5 Å². The fourth-order valence-electron chi connectivity index (χ4n) is 14.8. The molecule has 2 heterocycles. The highest BCUT2D eigenvalue weighted by molar-refractivity contribution is 6.73. The molecule has 7 aliphatic rings. The molecule has 2 unspecified atom stereocenters. The highest BCUT2D eigenvalue weighted by Crippen LogP contribution is 2.89. The first-order valence-corrected chi connectivity index (χ1v) is 23.3. The van der Waals surface area contributed by atoms with Gasteiger partial charge in [-0.3, -0.25) is 0 Å². The molecule has 0 aromatic heterocycles. The molecule has 8 heteroatoms. The first-order chi connectivity index (χ1) is 23.6. The lowest BCUT2D eigenvalue weighted by Gasteiger charge is -2.64. The van der Waals surface area contributed by atoms with E-state index in [0.29, 0.717) is 34.5 Å². The Labute approximate surface area is 305 Å². The monoisotopic (exact) mass is 714 g/mol. The third kappa shape index (κ3) is 5.16. The third-order valence-corrected chi connectivity index (χ3v) is 22.2. The number of carbonyl (C=O) groups excluding carboxylic acids is 1. The predicted octanol–water partition coefficient (Wildman–Crippen LogP) is 9.78. The summed E-state index contributed by atoms with van der Waals surface area (Å²) in [6, 6.07) is 3.38. The summed E-state index contributed by atoms with van der Waals surface area (Å²) < 4.78 is 33.9. The Bertz CT molecular complexity index is 1300. The number of primary amides is 1.